The minimum absolute atomic E-state index is 1.00. The molecule has 0 aliphatic heterocycles. The largest absolute Gasteiger partial charge is 0.0587 e. The maximum Gasteiger partial charge on any atom is -0.00131 e. The molecule has 48 heavy (non-hydrogen) atoms. The minimum atomic E-state index is 1.00. The maximum atomic E-state index is 2.44. The van der Waals surface area contributed by atoms with Gasteiger partial charge in [0.15, 0.2) is 0 Å². The van der Waals surface area contributed by atoms with Gasteiger partial charge in [-0.25, -0.2) is 0 Å². The van der Waals surface area contributed by atoms with E-state index in [1.54, 1.807) is 0 Å². The van der Waals surface area contributed by atoms with Crippen LogP contribution in [0.2, 0.25) is 0 Å². The third kappa shape index (κ3) is 4.36. The van der Waals surface area contributed by atoms with Gasteiger partial charge in [0.05, 0.1) is 0 Å². The molecule has 10 rings (SSSR count). The number of hydrogen-bond acceptors (Lipinski definition) is 0. The predicted molar refractivity (Wildman–Crippen MR) is 202 cm³/mol. The summed E-state index contributed by atoms with van der Waals surface area (Å²) >= 11 is 0. The second kappa shape index (κ2) is 10.3. The van der Waals surface area contributed by atoms with E-state index in [-0.39, 0.29) is 0 Å². The van der Waals surface area contributed by atoms with Crippen molar-refractivity contribution in [3.05, 3.63) is 177 Å². The highest BCUT2D eigenvalue weighted by Gasteiger charge is 2.23. The Morgan fingerprint density at radius 3 is 0.792 bits per heavy atom. The molecule has 0 unspecified atom stereocenters. The van der Waals surface area contributed by atoms with Crippen molar-refractivity contribution in [2.24, 2.45) is 0 Å². The first-order chi connectivity index (χ1) is 23.4. The van der Waals surface area contributed by atoms with Gasteiger partial charge in [-0.3, -0.25) is 0 Å². The Hall–Kier alpha value is -5.46. The molecule has 0 radical (unpaired) electrons. The van der Waals surface area contributed by atoms with Gasteiger partial charge in [-0.15, -0.1) is 0 Å². The van der Waals surface area contributed by atoms with Crippen molar-refractivity contribution >= 4 is 0 Å². The average Bonchev–Trinajstić information content (AvgIpc) is 3.76. The minimum Gasteiger partial charge on any atom is -0.0587 e. The Bertz CT molecular complexity index is 2210. The quantitative estimate of drug-likeness (QED) is 0.186. The topological polar surface area (TPSA) is 0 Å². The molecule has 0 bridgehead atoms. The molecule has 0 spiro atoms. The Morgan fingerprint density at radius 1 is 0.250 bits per heavy atom. The summed E-state index contributed by atoms with van der Waals surface area (Å²) in [7, 11) is 0. The molecule has 0 fully saturated rings. The molecule has 0 aromatic heterocycles. The molecule has 7 aromatic carbocycles. The summed E-state index contributed by atoms with van der Waals surface area (Å²) in [5, 5.41) is 0. The van der Waals surface area contributed by atoms with Gasteiger partial charge in [-0.05, 0) is 158 Å². The van der Waals surface area contributed by atoms with Crippen LogP contribution in [-0.2, 0) is 19.3 Å². The van der Waals surface area contributed by atoms with Crippen molar-refractivity contribution in [3.8, 4) is 66.8 Å². The van der Waals surface area contributed by atoms with Crippen molar-refractivity contribution in [1.82, 2.24) is 0 Å². The zero-order valence-corrected chi connectivity index (χ0v) is 27.7. The first-order valence-electron chi connectivity index (χ1n) is 17.3. The van der Waals surface area contributed by atoms with Crippen molar-refractivity contribution in [2.75, 3.05) is 0 Å². The third-order valence-electron chi connectivity index (χ3n) is 11.0. The summed E-state index contributed by atoms with van der Waals surface area (Å²) in [5.41, 5.74) is 28.6. The molecular weight excluding hydrogens is 577 g/mol. The predicted octanol–water partition coefficient (Wildman–Crippen LogP) is 12.3. The lowest BCUT2D eigenvalue weighted by molar-refractivity contribution is 1.25. The summed E-state index contributed by atoms with van der Waals surface area (Å²) in [5.74, 6) is 0. The molecule has 0 heterocycles. The summed E-state index contributed by atoms with van der Waals surface area (Å²) in [6.45, 7) is 6.58. The van der Waals surface area contributed by atoms with Crippen LogP contribution in [0, 0.1) is 20.8 Å². The van der Waals surface area contributed by atoms with Crippen LogP contribution in [-0.4, -0.2) is 0 Å². The van der Waals surface area contributed by atoms with E-state index in [2.05, 4.69) is 148 Å². The first-order valence-corrected chi connectivity index (χ1v) is 17.3. The Morgan fingerprint density at radius 2 is 0.500 bits per heavy atom. The highest BCUT2D eigenvalue weighted by molar-refractivity contribution is 5.88. The SMILES string of the molecule is Cc1ccc2c(c1)Cc1cc(-c3cc(-c4ccc5c(c4)Cc4cc(C)ccc4-5)cc(-c4ccc5c(c4)Cc4cc(C)ccc4-5)c3)ccc1-2. The standard InChI is InChI=1S/C48H36/c1-28-4-10-43-37(16-28)25-40-19-31(7-13-46(40)43)34-22-35(32-8-14-47-41(20-32)26-38-17-29(2)5-11-44(38)47)24-36(23-34)33-9-15-48-42(21-33)27-39-18-30(3)6-12-45(39)48/h4-24H,25-27H2,1-3H3. The molecule has 0 saturated carbocycles. The van der Waals surface area contributed by atoms with Gasteiger partial charge in [-0.2, -0.15) is 0 Å². The summed E-state index contributed by atoms with van der Waals surface area (Å²) in [6.07, 6.45) is 3.01. The molecular formula is C48H36. The van der Waals surface area contributed by atoms with Crippen LogP contribution in [0.3, 0.4) is 0 Å². The Labute approximate surface area is 283 Å². The van der Waals surface area contributed by atoms with Crippen molar-refractivity contribution < 1.29 is 0 Å². The zero-order chi connectivity index (χ0) is 32.1. The normalized spacial score (nSPS) is 13.1. The molecule has 0 nitrogen and oxygen atoms in total. The van der Waals surface area contributed by atoms with E-state index < -0.39 is 0 Å². The Balaban J connectivity index is 1.10. The van der Waals surface area contributed by atoms with Crippen molar-refractivity contribution in [2.45, 2.75) is 40.0 Å². The molecule has 0 N–H and O–H groups in total. The van der Waals surface area contributed by atoms with E-state index in [0.717, 1.165) is 19.3 Å². The monoisotopic (exact) mass is 612 g/mol. The number of hydrogen-bond donors (Lipinski definition) is 0. The van der Waals surface area contributed by atoms with Gasteiger partial charge >= 0.3 is 0 Å². The van der Waals surface area contributed by atoms with E-state index >= 15 is 0 Å². The molecule has 0 amide bonds. The lowest BCUT2D eigenvalue weighted by atomic mass is 9.90. The summed E-state index contributed by atoms with van der Waals surface area (Å²) < 4.78 is 0. The lowest BCUT2D eigenvalue weighted by Crippen LogP contribution is -1.90. The number of fused-ring (bicyclic) bond motifs is 9. The van der Waals surface area contributed by atoms with Crippen LogP contribution in [0.1, 0.15) is 50.1 Å². The fourth-order valence-electron chi connectivity index (χ4n) is 8.68. The molecule has 228 valence electrons. The van der Waals surface area contributed by atoms with Crippen molar-refractivity contribution in [1.29, 1.82) is 0 Å². The average molecular weight is 613 g/mol. The van der Waals surface area contributed by atoms with Crippen LogP contribution in [0.5, 0.6) is 0 Å². The second-order valence-corrected chi connectivity index (χ2v) is 14.4. The van der Waals surface area contributed by atoms with Gasteiger partial charge < -0.3 is 0 Å². The smallest absolute Gasteiger partial charge is 0.00131 e. The molecule has 7 aromatic rings. The summed E-state index contributed by atoms with van der Waals surface area (Å²) in [6, 6.07) is 49.3. The highest BCUT2D eigenvalue weighted by atomic mass is 14.3. The Kier molecular flexibility index (Phi) is 5.91. The zero-order valence-electron chi connectivity index (χ0n) is 27.7. The van der Waals surface area contributed by atoms with Crippen LogP contribution < -0.4 is 0 Å². The second-order valence-electron chi connectivity index (χ2n) is 14.4. The number of aryl methyl sites for hydroxylation is 3. The molecule has 0 saturated heterocycles. The van der Waals surface area contributed by atoms with E-state index in [9.17, 15) is 0 Å². The first kappa shape index (κ1) is 27.6. The van der Waals surface area contributed by atoms with Crippen LogP contribution in [0.25, 0.3) is 66.8 Å². The highest BCUT2D eigenvalue weighted by Crippen LogP contribution is 2.44. The van der Waals surface area contributed by atoms with E-state index in [0.29, 0.717) is 0 Å². The summed E-state index contributed by atoms with van der Waals surface area (Å²) in [4.78, 5) is 0. The molecule has 3 aliphatic carbocycles. The van der Waals surface area contributed by atoms with Crippen LogP contribution in [0.4, 0.5) is 0 Å². The van der Waals surface area contributed by atoms with Crippen LogP contribution in [0.15, 0.2) is 127 Å². The maximum absolute atomic E-state index is 2.44. The lowest BCUT2D eigenvalue weighted by Gasteiger charge is -2.14. The fraction of sp³-hybridized carbons (Fsp3) is 0.125. The molecule has 0 atom stereocenters. The number of rotatable bonds is 3. The van der Waals surface area contributed by atoms with Gasteiger partial charge in [0.2, 0.25) is 0 Å². The molecule has 0 heteroatoms. The van der Waals surface area contributed by atoms with E-state index in [1.165, 1.54) is 117 Å². The number of benzene rings is 7. The van der Waals surface area contributed by atoms with Crippen molar-refractivity contribution in [3.63, 3.8) is 0 Å². The van der Waals surface area contributed by atoms with Gasteiger partial charge in [0.25, 0.3) is 0 Å². The van der Waals surface area contributed by atoms with Gasteiger partial charge in [0, 0.05) is 0 Å². The fourth-order valence-corrected chi connectivity index (χ4v) is 8.68. The van der Waals surface area contributed by atoms with Gasteiger partial charge in [-0.1, -0.05) is 126 Å². The van der Waals surface area contributed by atoms with Crippen LogP contribution >= 0.6 is 0 Å². The van der Waals surface area contributed by atoms with E-state index in [4.69, 9.17) is 0 Å². The third-order valence-corrected chi connectivity index (χ3v) is 11.0. The van der Waals surface area contributed by atoms with Gasteiger partial charge in [0.1, 0.15) is 0 Å². The van der Waals surface area contributed by atoms with E-state index in [1.807, 2.05) is 0 Å². The molecule has 3 aliphatic rings.